The molecule has 0 radical (unpaired) electrons. The first-order valence-corrected chi connectivity index (χ1v) is 13.3. The summed E-state index contributed by atoms with van der Waals surface area (Å²) < 4.78 is 20.5. The normalized spacial score (nSPS) is 27.0. The SMILES string of the molecule is O=C1CCC(N2C(=O)C3=C(NCc4ccc(CN5CC6(CCOCC6)C5)cc4F)C=CCC3C2=O)C(=O)N1. The highest BCUT2D eigenvalue weighted by Crippen LogP contribution is 2.40. The minimum absolute atomic E-state index is 0.0728. The molecule has 2 unspecified atom stereocenters. The number of fused-ring (bicyclic) bond motifs is 1. The van der Waals surface area contributed by atoms with Gasteiger partial charge in [-0.2, -0.15) is 0 Å². The maximum atomic E-state index is 15.0. The number of carbonyl (C=O) groups excluding carboxylic acids is 4. The summed E-state index contributed by atoms with van der Waals surface area (Å²) in [6.45, 7) is 4.55. The molecule has 4 saturated heterocycles. The Hall–Kier alpha value is -3.37. The lowest BCUT2D eigenvalue weighted by atomic mass is 9.73. The summed E-state index contributed by atoms with van der Waals surface area (Å²) in [5.74, 6) is -3.03. The maximum absolute atomic E-state index is 15.0. The van der Waals surface area contributed by atoms with Crippen LogP contribution in [-0.4, -0.2) is 65.8 Å². The van der Waals surface area contributed by atoms with Gasteiger partial charge in [0.1, 0.15) is 11.9 Å². The minimum Gasteiger partial charge on any atom is -0.381 e. The number of nitrogens with zero attached hydrogens (tertiary/aromatic N) is 2. The van der Waals surface area contributed by atoms with E-state index in [1.807, 2.05) is 6.07 Å². The Bertz CT molecular complexity index is 1260. The summed E-state index contributed by atoms with van der Waals surface area (Å²) in [5, 5.41) is 5.35. The van der Waals surface area contributed by atoms with Crippen LogP contribution in [0.2, 0.25) is 0 Å². The third-order valence-corrected chi connectivity index (χ3v) is 8.47. The zero-order chi connectivity index (χ0) is 26.4. The van der Waals surface area contributed by atoms with E-state index in [1.165, 1.54) is 0 Å². The smallest absolute Gasteiger partial charge is 0.260 e. The van der Waals surface area contributed by atoms with E-state index in [1.54, 1.807) is 24.3 Å². The summed E-state index contributed by atoms with van der Waals surface area (Å²) in [6.07, 6.45) is 6.25. The molecule has 0 saturated carbocycles. The molecule has 5 aliphatic rings. The number of rotatable bonds is 6. The van der Waals surface area contributed by atoms with Crippen LogP contribution in [0.25, 0.3) is 0 Å². The number of carbonyl (C=O) groups is 4. The summed E-state index contributed by atoms with van der Waals surface area (Å²) in [7, 11) is 0. The van der Waals surface area contributed by atoms with Gasteiger partial charge in [-0.15, -0.1) is 0 Å². The topological polar surface area (TPSA) is 108 Å². The largest absolute Gasteiger partial charge is 0.381 e. The lowest BCUT2D eigenvalue weighted by Crippen LogP contribution is -2.57. The van der Waals surface area contributed by atoms with E-state index in [2.05, 4.69) is 15.5 Å². The van der Waals surface area contributed by atoms with Crippen molar-refractivity contribution >= 4 is 23.6 Å². The Morgan fingerprint density at radius 2 is 1.92 bits per heavy atom. The van der Waals surface area contributed by atoms with Crippen LogP contribution in [0.1, 0.15) is 43.2 Å². The van der Waals surface area contributed by atoms with Gasteiger partial charge in [0.25, 0.3) is 5.91 Å². The molecular weight excluding hydrogens is 491 g/mol. The second kappa shape index (κ2) is 9.74. The molecular formula is C28H31FN4O5. The quantitative estimate of drug-likeness (QED) is 0.546. The predicted molar refractivity (Wildman–Crippen MR) is 133 cm³/mol. The summed E-state index contributed by atoms with van der Waals surface area (Å²) in [4.78, 5) is 53.6. The van der Waals surface area contributed by atoms with Crippen molar-refractivity contribution in [2.24, 2.45) is 11.3 Å². The molecule has 4 amide bonds. The van der Waals surface area contributed by atoms with Crippen molar-refractivity contribution in [3.63, 3.8) is 0 Å². The number of imide groups is 2. The average molecular weight is 523 g/mol. The highest BCUT2D eigenvalue weighted by Gasteiger charge is 2.50. The second-order valence-corrected chi connectivity index (χ2v) is 11.0. The predicted octanol–water partition coefficient (Wildman–Crippen LogP) is 1.53. The average Bonchev–Trinajstić information content (AvgIpc) is 3.13. The molecule has 38 heavy (non-hydrogen) atoms. The molecule has 2 atom stereocenters. The molecule has 1 aromatic carbocycles. The third kappa shape index (κ3) is 4.45. The second-order valence-electron chi connectivity index (χ2n) is 11.0. The van der Waals surface area contributed by atoms with Crippen molar-refractivity contribution < 1.29 is 28.3 Å². The minimum atomic E-state index is -0.996. The van der Waals surface area contributed by atoms with Gasteiger partial charge < -0.3 is 10.1 Å². The zero-order valence-corrected chi connectivity index (χ0v) is 21.1. The van der Waals surface area contributed by atoms with Crippen LogP contribution in [0.3, 0.4) is 0 Å². The number of ether oxygens (including phenoxy) is 1. The van der Waals surface area contributed by atoms with E-state index in [4.69, 9.17) is 4.74 Å². The van der Waals surface area contributed by atoms with Gasteiger partial charge in [-0.05, 0) is 43.4 Å². The van der Waals surface area contributed by atoms with Crippen LogP contribution in [0.5, 0.6) is 0 Å². The number of halogens is 1. The summed E-state index contributed by atoms with van der Waals surface area (Å²) in [5.41, 5.74) is 2.50. The van der Waals surface area contributed by atoms with Crippen molar-refractivity contribution in [3.8, 4) is 0 Å². The van der Waals surface area contributed by atoms with Gasteiger partial charge in [-0.1, -0.05) is 18.2 Å². The van der Waals surface area contributed by atoms with Gasteiger partial charge in [0.15, 0.2) is 0 Å². The number of hydrogen-bond acceptors (Lipinski definition) is 7. The first kappa shape index (κ1) is 24.9. The number of amides is 4. The van der Waals surface area contributed by atoms with Crippen LogP contribution in [0.4, 0.5) is 4.39 Å². The standard InChI is InChI=1S/C28H31FN4O5/c29-20-12-17(14-32-15-28(16-32)8-10-38-11-9-28)4-5-18(20)13-30-21-3-1-2-19-24(21)27(37)33(26(19)36)22-6-7-23(34)31-25(22)35/h1,3-5,12,19,22,30H,2,6-11,13-16H2,(H,31,34,35). The molecule has 200 valence electrons. The first-order valence-electron chi connectivity index (χ1n) is 13.3. The van der Waals surface area contributed by atoms with Crippen LogP contribution in [-0.2, 0) is 37.0 Å². The molecule has 1 spiro atoms. The fourth-order valence-corrected chi connectivity index (χ4v) is 6.40. The molecule has 10 heteroatoms. The number of benzene rings is 1. The fourth-order valence-electron chi connectivity index (χ4n) is 6.40. The van der Waals surface area contributed by atoms with Gasteiger partial charge in [0, 0.05) is 62.5 Å². The Morgan fingerprint density at radius 3 is 2.66 bits per heavy atom. The van der Waals surface area contributed by atoms with Gasteiger partial charge in [0.2, 0.25) is 17.7 Å². The zero-order valence-electron chi connectivity index (χ0n) is 21.1. The monoisotopic (exact) mass is 522 g/mol. The number of allylic oxidation sites excluding steroid dienone is 2. The molecule has 4 fully saturated rings. The highest BCUT2D eigenvalue weighted by molar-refractivity contribution is 6.18. The fraction of sp³-hybridized carbons (Fsp3) is 0.500. The molecule has 9 nitrogen and oxygen atoms in total. The molecule has 2 N–H and O–H groups in total. The van der Waals surface area contributed by atoms with Gasteiger partial charge >= 0.3 is 0 Å². The molecule has 1 aliphatic carbocycles. The van der Waals surface area contributed by atoms with E-state index >= 15 is 4.39 Å². The van der Waals surface area contributed by atoms with Crippen molar-refractivity contribution in [1.82, 2.24) is 20.4 Å². The summed E-state index contributed by atoms with van der Waals surface area (Å²) >= 11 is 0. The molecule has 4 heterocycles. The van der Waals surface area contributed by atoms with E-state index in [0.717, 1.165) is 49.6 Å². The van der Waals surface area contributed by atoms with E-state index < -0.39 is 35.6 Å². The maximum Gasteiger partial charge on any atom is 0.260 e. The number of piperidine rings is 1. The van der Waals surface area contributed by atoms with Crippen LogP contribution in [0.15, 0.2) is 41.6 Å². The van der Waals surface area contributed by atoms with E-state index in [9.17, 15) is 19.2 Å². The van der Waals surface area contributed by atoms with Crippen molar-refractivity contribution in [2.75, 3.05) is 26.3 Å². The van der Waals surface area contributed by atoms with Gasteiger partial charge in [-0.25, -0.2) is 4.39 Å². The van der Waals surface area contributed by atoms with E-state index in [0.29, 0.717) is 35.2 Å². The Kier molecular flexibility index (Phi) is 6.39. The van der Waals surface area contributed by atoms with E-state index in [-0.39, 0.29) is 25.2 Å². The van der Waals surface area contributed by atoms with Crippen LogP contribution in [0, 0.1) is 17.2 Å². The van der Waals surface area contributed by atoms with Gasteiger partial charge in [-0.3, -0.25) is 34.3 Å². The molecule has 4 aliphatic heterocycles. The number of hydrogen-bond donors (Lipinski definition) is 2. The lowest BCUT2D eigenvalue weighted by molar-refractivity contribution is -0.150. The lowest BCUT2D eigenvalue weighted by Gasteiger charge is -2.52. The van der Waals surface area contributed by atoms with Crippen LogP contribution >= 0.6 is 0 Å². The Balaban J connectivity index is 1.11. The van der Waals surface area contributed by atoms with Crippen molar-refractivity contribution in [3.05, 3.63) is 58.6 Å². The molecule has 6 rings (SSSR count). The van der Waals surface area contributed by atoms with Crippen LogP contribution < -0.4 is 10.6 Å². The number of likely N-dealkylation sites (tertiary alicyclic amines) is 2. The molecule has 0 aromatic heterocycles. The highest BCUT2D eigenvalue weighted by atomic mass is 19.1. The van der Waals surface area contributed by atoms with Crippen molar-refractivity contribution in [2.45, 2.75) is 51.2 Å². The van der Waals surface area contributed by atoms with Gasteiger partial charge in [0.05, 0.1) is 11.5 Å². The molecule has 1 aromatic rings. The Labute approximate surface area is 220 Å². The Morgan fingerprint density at radius 1 is 1.13 bits per heavy atom. The summed E-state index contributed by atoms with van der Waals surface area (Å²) in [6, 6.07) is 4.26. The third-order valence-electron chi connectivity index (χ3n) is 8.47. The number of nitrogens with one attached hydrogen (secondary N) is 2. The molecule has 0 bridgehead atoms. The first-order chi connectivity index (χ1) is 18.3. The van der Waals surface area contributed by atoms with Crippen molar-refractivity contribution in [1.29, 1.82) is 0 Å².